The Morgan fingerprint density at radius 2 is 2.24 bits per heavy atom. The van der Waals surface area contributed by atoms with Gasteiger partial charge >= 0.3 is 5.97 Å². The summed E-state index contributed by atoms with van der Waals surface area (Å²) in [6, 6.07) is 4.11. The molecule has 0 saturated heterocycles. The molecule has 0 saturated carbocycles. The lowest BCUT2D eigenvalue weighted by atomic mass is 10.2. The van der Waals surface area contributed by atoms with Gasteiger partial charge < -0.3 is 10.1 Å². The quantitative estimate of drug-likeness (QED) is 0.522. The lowest BCUT2D eigenvalue weighted by Crippen LogP contribution is -2.03. The van der Waals surface area contributed by atoms with Crippen LogP contribution in [0.25, 0.3) is 10.6 Å². The predicted octanol–water partition coefficient (Wildman–Crippen LogP) is 4.78. The van der Waals surface area contributed by atoms with Crippen LogP contribution in [-0.2, 0) is 9.53 Å². The van der Waals surface area contributed by atoms with Crippen LogP contribution in [0.5, 0.6) is 0 Å². The van der Waals surface area contributed by atoms with Gasteiger partial charge in [0.15, 0.2) is 5.13 Å². The molecule has 0 aromatic carbocycles. The van der Waals surface area contributed by atoms with Crippen LogP contribution >= 0.6 is 38.6 Å². The fraction of sp³-hybridized carbons (Fsp3) is 0.429. The highest BCUT2D eigenvalue weighted by Gasteiger charge is 2.06. The highest BCUT2D eigenvalue weighted by molar-refractivity contribution is 9.11. The number of halogens is 1. The normalized spacial score (nSPS) is 10.6. The number of rotatable bonds is 8. The molecular weight excluding hydrogens is 372 g/mol. The fourth-order valence-corrected chi connectivity index (χ4v) is 3.95. The minimum atomic E-state index is -0.130. The molecule has 0 radical (unpaired) electrons. The molecule has 114 valence electrons. The first-order valence-corrected chi connectivity index (χ1v) is 9.20. The molecule has 2 aromatic heterocycles. The number of hydrogen-bond acceptors (Lipinski definition) is 6. The summed E-state index contributed by atoms with van der Waals surface area (Å²) >= 11 is 6.77. The van der Waals surface area contributed by atoms with Crippen LogP contribution in [0.15, 0.2) is 21.3 Å². The van der Waals surface area contributed by atoms with Crippen LogP contribution in [0, 0.1) is 0 Å². The first-order chi connectivity index (χ1) is 10.2. The molecule has 0 aliphatic heterocycles. The van der Waals surface area contributed by atoms with Crippen molar-refractivity contribution in [2.45, 2.75) is 25.7 Å². The summed E-state index contributed by atoms with van der Waals surface area (Å²) in [7, 11) is 1.43. The highest BCUT2D eigenvalue weighted by atomic mass is 79.9. The number of carbonyl (C=O) groups is 1. The minimum Gasteiger partial charge on any atom is -0.469 e. The Hall–Kier alpha value is -0.920. The zero-order chi connectivity index (χ0) is 15.1. The number of esters is 1. The number of nitrogens with one attached hydrogen (secondary N) is 1. The molecule has 1 N–H and O–H groups in total. The lowest BCUT2D eigenvalue weighted by Gasteiger charge is -2.02. The monoisotopic (exact) mass is 388 g/mol. The van der Waals surface area contributed by atoms with Gasteiger partial charge in [-0.2, -0.15) is 0 Å². The number of carbonyl (C=O) groups excluding carboxylic acids is 1. The van der Waals surface area contributed by atoms with E-state index in [-0.39, 0.29) is 5.97 Å². The molecule has 2 heterocycles. The smallest absolute Gasteiger partial charge is 0.305 e. The fourth-order valence-electron chi connectivity index (χ4n) is 1.79. The molecular formula is C14H17BrN2O2S2. The summed E-state index contributed by atoms with van der Waals surface area (Å²) in [6.07, 6.45) is 3.42. The molecule has 0 aliphatic rings. The Labute approximate surface area is 140 Å². The van der Waals surface area contributed by atoms with E-state index in [1.165, 1.54) is 12.0 Å². The Balaban J connectivity index is 1.68. The van der Waals surface area contributed by atoms with E-state index in [2.05, 4.69) is 42.4 Å². The Morgan fingerprint density at radius 1 is 1.38 bits per heavy atom. The largest absolute Gasteiger partial charge is 0.469 e. The van der Waals surface area contributed by atoms with E-state index < -0.39 is 0 Å². The Bertz CT molecular complexity index is 583. The number of thiazole rings is 1. The minimum absolute atomic E-state index is 0.130. The van der Waals surface area contributed by atoms with Crippen molar-refractivity contribution in [2.24, 2.45) is 0 Å². The first kappa shape index (κ1) is 16.5. The predicted molar refractivity (Wildman–Crippen MR) is 92.1 cm³/mol. The first-order valence-electron chi connectivity index (χ1n) is 6.71. The average molecular weight is 389 g/mol. The van der Waals surface area contributed by atoms with Gasteiger partial charge in [-0.15, -0.1) is 22.7 Å². The van der Waals surface area contributed by atoms with Crippen LogP contribution in [0.4, 0.5) is 5.13 Å². The number of anilines is 1. The van der Waals surface area contributed by atoms with Gasteiger partial charge in [0.05, 0.1) is 21.5 Å². The van der Waals surface area contributed by atoms with Gasteiger partial charge in [-0.05, 0) is 40.9 Å². The standard InChI is InChI=1S/C14H17BrN2O2S2/c1-19-13(18)5-3-2-4-8-16-14-17-10(9-20-14)11-6-7-12(15)21-11/h6-7,9H,2-5,8H2,1H3,(H,16,17). The molecule has 0 fully saturated rings. The van der Waals surface area contributed by atoms with Crippen molar-refractivity contribution >= 4 is 49.7 Å². The topological polar surface area (TPSA) is 51.2 Å². The number of aromatic nitrogens is 1. The molecule has 0 atom stereocenters. The maximum atomic E-state index is 11.0. The third kappa shape index (κ3) is 5.41. The van der Waals surface area contributed by atoms with E-state index in [1.54, 1.807) is 22.7 Å². The number of hydrogen-bond donors (Lipinski definition) is 1. The Kier molecular flexibility index (Phi) is 6.66. The molecule has 4 nitrogen and oxygen atoms in total. The second-order valence-electron chi connectivity index (χ2n) is 4.46. The van der Waals surface area contributed by atoms with Crippen molar-refractivity contribution in [2.75, 3.05) is 19.0 Å². The van der Waals surface area contributed by atoms with E-state index in [4.69, 9.17) is 0 Å². The molecule has 0 aliphatic carbocycles. The molecule has 21 heavy (non-hydrogen) atoms. The van der Waals surface area contributed by atoms with Crippen LogP contribution < -0.4 is 5.32 Å². The van der Waals surface area contributed by atoms with Crippen molar-refractivity contribution in [3.8, 4) is 10.6 Å². The molecule has 0 bridgehead atoms. The maximum Gasteiger partial charge on any atom is 0.305 e. The van der Waals surface area contributed by atoms with Crippen molar-refractivity contribution < 1.29 is 9.53 Å². The highest BCUT2D eigenvalue weighted by Crippen LogP contribution is 2.32. The van der Waals surface area contributed by atoms with E-state index in [1.807, 2.05) is 6.07 Å². The third-order valence-electron chi connectivity index (χ3n) is 2.89. The van der Waals surface area contributed by atoms with Crippen molar-refractivity contribution in [1.29, 1.82) is 0 Å². The van der Waals surface area contributed by atoms with Crippen molar-refractivity contribution in [3.63, 3.8) is 0 Å². The zero-order valence-electron chi connectivity index (χ0n) is 11.7. The van der Waals surface area contributed by atoms with Gasteiger partial charge in [-0.3, -0.25) is 4.79 Å². The summed E-state index contributed by atoms with van der Waals surface area (Å²) in [5.41, 5.74) is 1.02. The van der Waals surface area contributed by atoms with Gasteiger partial charge in [0.1, 0.15) is 0 Å². The number of nitrogens with zero attached hydrogens (tertiary/aromatic N) is 1. The maximum absolute atomic E-state index is 11.0. The molecule has 0 spiro atoms. The zero-order valence-corrected chi connectivity index (χ0v) is 14.9. The molecule has 2 rings (SSSR count). The van der Waals surface area contributed by atoms with E-state index in [0.717, 1.165) is 40.4 Å². The van der Waals surface area contributed by atoms with Gasteiger partial charge in [0.25, 0.3) is 0 Å². The summed E-state index contributed by atoms with van der Waals surface area (Å²) in [5.74, 6) is -0.130. The van der Waals surface area contributed by atoms with Crippen LogP contribution in [-0.4, -0.2) is 24.6 Å². The lowest BCUT2D eigenvalue weighted by molar-refractivity contribution is -0.140. The van der Waals surface area contributed by atoms with E-state index in [9.17, 15) is 4.79 Å². The number of ether oxygens (including phenoxy) is 1. The molecule has 2 aromatic rings. The SMILES string of the molecule is COC(=O)CCCCCNc1nc(-c2ccc(Br)s2)cs1. The molecule has 7 heteroatoms. The number of unbranched alkanes of at least 4 members (excludes halogenated alkanes) is 2. The van der Waals surface area contributed by atoms with E-state index >= 15 is 0 Å². The van der Waals surface area contributed by atoms with Crippen LogP contribution in [0.2, 0.25) is 0 Å². The summed E-state index contributed by atoms with van der Waals surface area (Å²) in [6.45, 7) is 0.877. The molecule has 0 unspecified atom stereocenters. The summed E-state index contributed by atoms with van der Waals surface area (Å²) in [4.78, 5) is 16.7. The summed E-state index contributed by atoms with van der Waals surface area (Å²) < 4.78 is 5.72. The Morgan fingerprint density at radius 3 is 2.95 bits per heavy atom. The third-order valence-corrected chi connectivity index (χ3v) is 5.34. The molecule has 0 amide bonds. The van der Waals surface area contributed by atoms with Gasteiger partial charge in [0, 0.05) is 18.3 Å². The van der Waals surface area contributed by atoms with Crippen LogP contribution in [0.1, 0.15) is 25.7 Å². The number of methoxy groups -OCH3 is 1. The second-order valence-corrected chi connectivity index (χ2v) is 7.78. The van der Waals surface area contributed by atoms with Gasteiger partial charge in [-0.25, -0.2) is 4.98 Å². The van der Waals surface area contributed by atoms with Crippen LogP contribution in [0.3, 0.4) is 0 Å². The van der Waals surface area contributed by atoms with E-state index in [0.29, 0.717) is 6.42 Å². The number of thiophene rings is 1. The second kappa shape index (κ2) is 8.51. The van der Waals surface area contributed by atoms with Gasteiger partial charge in [-0.1, -0.05) is 6.42 Å². The van der Waals surface area contributed by atoms with Crippen molar-refractivity contribution in [3.05, 3.63) is 21.3 Å². The average Bonchev–Trinajstić information content (AvgIpc) is 3.11. The summed E-state index contributed by atoms with van der Waals surface area (Å²) in [5, 5.41) is 6.34. The van der Waals surface area contributed by atoms with Crippen molar-refractivity contribution in [1.82, 2.24) is 4.98 Å². The van der Waals surface area contributed by atoms with Gasteiger partial charge in [0.2, 0.25) is 0 Å².